The van der Waals surface area contributed by atoms with Gasteiger partial charge in [0, 0.05) is 17.8 Å². The van der Waals surface area contributed by atoms with E-state index in [9.17, 15) is 14.5 Å². The van der Waals surface area contributed by atoms with Crippen molar-refractivity contribution in [2.45, 2.75) is 18.9 Å². The molecule has 1 aliphatic carbocycles. The Kier molecular flexibility index (Phi) is 3.56. The van der Waals surface area contributed by atoms with Gasteiger partial charge in [0.1, 0.15) is 5.82 Å². The number of nitrogens with one attached hydrogen (secondary N) is 1. The van der Waals surface area contributed by atoms with Crippen molar-refractivity contribution in [2.24, 2.45) is 5.92 Å². The number of benzene rings is 2. The molecule has 0 radical (unpaired) electrons. The van der Waals surface area contributed by atoms with Crippen LogP contribution in [-0.2, 0) is 0 Å². The molecule has 3 rings (SSSR count). The number of halogens is 1. The Balaban J connectivity index is 1.79. The number of nitrogens with zero attached hydrogens (tertiary/aromatic N) is 1. The maximum atomic E-state index is 13.0. The molecule has 1 atom stereocenters. The summed E-state index contributed by atoms with van der Waals surface area (Å²) < 4.78 is 13.0. The van der Waals surface area contributed by atoms with Gasteiger partial charge in [0.15, 0.2) is 0 Å². The highest BCUT2D eigenvalue weighted by Crippen LogP contribution is 2.43. The summed E-state index contributed by atoms with van der Waals surface area (Å²) in [7, 11) is 0. The van der Waals surface area contributed by atoms with E-state index in [-0.39, 0.29) is 17.5 Å². The van der Waals surface area contributed by atoms with Gasteiger partial charge in [-0.15, -0.1) is 0 Å². The van der Waals surface area contributed by atoms with Crippen LogP contribution in [-0.4, -0.2) is 4.92 Å². The molecule has 1 fully saturated rings. The van der Waals surface area contributed by atoms with Crippen LogP contribution in [0.3, 0.4) is 0 Å². The predicted molar refractivity (Wildman–Crippen MR) is 78.6 cm³/mol. The number of rotatable bonds is 5. The lowest BCUT2D eigenvalue weighted by Gasteiger charge is -2.20. The second kappa shape index (κ2) is 5.52. The van der Waals surface area contributed by atoms with E-state index in [0.717, 1.165) is 24.1 Å². The first kappa shape index (κ1) is 13.5. The molecule has 0 amide bonds. The summed E-state index contributed by atoms with van der Waals surface area (Å²) in [5, 5.41) is 14.1. The second-order valence-corrected chi connectivity index (χ2v) is 5.31. The Morgan fingerprint density at radius 2 is 1.71 bits per heavy atom. The van der Waals surface area contributed by atoms with E-state index in [4.69, 9.17) is 0 Å². The highest BCUT2D eigenvalue weighted by Gasteiger charge is 2.32. The molecule has 0 aliphatic heterocycles. The lowest BCUT2D eigenvalue weighted by molar-refractivity contribution is -0.384. The van der Waals surface area contributed by atoms with E-state index in [0.29, 0.717) is 5.92 Å². The quantitative estimate of drug-likeness (QED) is 0.658. The molecule has 0 heterocycles. The van der Waals surface area contributed by atoms with Gasteiger partial charge in [0.05, 0.1) is 11.0 Å². The van der Waals surface area contributed by atoms with Crippen molar-refractivity contribution in [3.63, 3.8) is 0 Å². The fourth-order valence-electron chi connectivity index (χ4n) is 2.43. The third-order valence-electron chi connectivity index (χ3n) is 3.72. The van der Waals surface area contributed by atoms with Crippen LogP contribution in [0, 0.1) is 21.8 Å². The average Bonchev–Trinajstić information content (AvgIpc) is 3.31. The van der Waals surface area contributed by atoms with Crippen molar-refractivity contribution in [3.05, 3.63) is 70.0 Å². The van der Waals surface area contributed by atoms with E-state index < -0.39 is 4.92 Å². The van der Waals surface area contributed by atoms with Gasteiger partial charge in [-0.25, -0.2) is 4.39 Å². The number of anilines is 1. The van der Waals surface area contributed by atoms with Gasteiger partial charge in [-0.3, -0.25) is 10.1 Å². The summed E-state index contributed by atoms with van der Waals surface area (Å²) in [6.07, 6.45) is 2.28. The van der Waals surface area contributed by atoms with Crippen molar-refractivity contribution < 1.29 is 9.31 Å². The van der Waals surface area contributed by atoms with Gasteiger partial charge in [-0.2, -0.15) is 0 Å². The Bertz CT molecular complexity index is 636. The second-order valence-electron chi connectivity index (χ2n) is 5.31. The summed E-state index contributed by atoms with van der Waals surface area (Å²) >= 11 is 0. The first-order valence-corrected chi connectivity index (χ1v) is 6.90. The van der Waals surface area contributed by atoms with Crippen LogP contribution < -0.4 is 5.32 Å². The van der Waals surface area contributed by atoms with Gasteiger partial charge in [0.2, 0.25) is 0 Å². The zero-order valence-corrected chi connectivity index (χ0v) is 11.3. The molecular weight excluding hydrogens is 271 g/mol. The Morgan fingerprint density at radius 3 is 2.24 bits per heavy atom. The molecule has 0 saturated heterocycles. The lowest BCUT2D eigenvalue weighted by atomic mass is 10.0. The van der Waals surface area contributed by atoms with Crippen molar-refractivity contribution in [2.75, 3.05) is 5.32 Å². The van der Waals surface area contributed by atoms with Gasteiger partial charge in [0.25, 0.3) is 5.69 Å². The van der Waals surface area contributed by atoms with Crippen LogP contribution in [0.2, 0.25) is 0 Å². The molecule has 2 aromatic carbocycles. The number of nitro benzene ring substituents is 1. The van der Waals surface area contributed by atoms with Gasteiger partial charge >= 0.3 is 0 Å². The van der Waals surface area contributed by atoms with Gasteiger partial charge in [-0.1, -0.05) is 12.1 Å². The molecule has 0 spiro atoms. The molecular formula is C16H15FN2O2. The van der Waals surface area contributed by atoms with Crippen molar-refractivity contribution in [1.82, 2.24) is 0 Å². The zero-order chi connectivity index (χ0) is 14.8. The molecule has 0 bridgehead atoms. The van der Waals surface area contributed by atoms with E-state index in [2.05, 4.69) is 5.32 Å². The molecule has 1 N–H and O–H groups in total. The van der Waals surface area contributed by atoms with Gasteiger partial charge < -0.3 is 5.32 Å². The Hall–Kier alpha value is -2.43. The predicted octanol–water partition coefficient (Wildman–Crippen LogP) is 4.30. The minimum Gasteiger partial charge on any atom is -0.378 e. The van der Waals surface area contributed by atoms with E-state index >= 15 is 0 Å². The minimum atomic E-state index is -0.415. The average molecular weight is 286 g/mol. The van der Waals surface area contributed by atoms with Crippen LogP contribution >= 0.6 is 0 Å². The topological polar surface area (TPSA) is 55.2 Å². The molecule has 1 aliphatic rings. The fourth-order valence-corrected chi connectivity index (χ4v) is 2.43. The smallest absolute Gasteiger partial charge is 0.269 e. The first-order valence-electron chi connectivity index (χ1n) is 6.90. The number of hydrogen-bond acceptors (Lipinski definition) is 3. The number of hydrogen-bond donors (Lipinski definition) is 1. The summed E-state index contributed by atoms with van der Waals surface area (Å²) in [6, 6.07) is 13.0. The van der Waals surface area contributed by atoms with E-state index in [1.807, 2.05) is 0 Å². The summed E-state index contributed by atoms with van der Waals surface area (Å²) in [5.41, 5.74) is 1.95. The van der Waals surface area contributed by atoms with Crippen molar-refractivity contribution >= 4 is 11.4 Å². The maximum Gasteiger partial charge on any atom is 0.269 e. The standard InChI is InChI=1S/C16H15FN2O2/c17-13-5-3-12(4-6-13)16(11-1-2-11)18-14-7-9-15(10-8-14)19(20)21/h3-11,16,18H,1-2H2. The fraction of sp³-hybridized carbons (Fsp3) is 0.250. The number of non-ortho nitro benzene ring substituents is 1. The molecule has 0 aromatic heterocycles. The van der Waals surface area contributed by atoms with Crippen LogP contribution in [0.1, 0.15) is 24.4 Å². The zero-order valence-electron chi connectivity index (χ0n) is 11.3. The van der Waals surface area contributed by atoms with Crippen LogP contribution in [0.5, 0.6) is 0 Å². The largest absolute Gasteiger partial charge is 0.378 e. The highest BCUT2D eigenvalue weighted by molar-refractivity contribution is 5.50. The molecule has 5 heteroatoms. The summed E-state index contributed by atoms with van der Waals surface area (Å²) in [5.74, 6) is 0.286. The molecule has 1 saturated carbocycles. The molecule has 4 nitrogen and oxygen atoms in total. The highest BCUT2D eigenvalue weighted by atomic mass is 19.1. The summed E-state index contributed by atoms with van der Waals surface area (Å²) in [6.45, 7) is 0. The SMILES string of the molecule is O=[N+]([O-])c1ccc(NC(c2ccc(F)cc2)C2CC2)cc1. The first-order chi connectivity index (χ1) is 10.1. The van der Waals surface area contributed by atoms with Crippen LogP contribution in [0.25, 0.3) is 0 Å². The van der Waals surface area contributed by atoms with Crippen LogP contribution in [0.4, 0.5) is 15.8 Å². The monoisotopic (exact) mass is 286 g/mol. The third kappa shape index (κ3) is 3.18. The maximum absolute atomic E-state index is 13.0. The van der Waals surface area contributed by atoms with Crippen molar-refractivity contribution in [3.8, 4) is 0 Å². The van der Waals surface area contributed by atoms with Gasteiger partial charge in [-0.05, 0) is 48.6 Å². The molecule has 1 unspecified atom stereocenters. The molecule has 108 valence electrons. The molecule has 21 heavy (non-hydrogen) atoms. The van der Waals surface area contributed by atoms with Crippen LogP contribution in [0.15, 0.2) is 48.5 Å². The number of nitro groups is 1. The van der Waals surface area contributed by atoms with Crippen molar-refractivity contribution in [1.29, 1.82) is 0 Å². The lowest BCUT2D eigenvalue weighted by Crippen LogP contribution is -2.12. The Labute approximate surface area is 121 Å². The van der Waals surface area contributed by atoms with E-state index in [1.165, 1.54) is 24.3 Å². The Morgan fingerprint density at radius 1 is 1.10 bits per heavy atom. The molecule has 2 aromatic rings. The normalized spacial score (nSPS) is 15.5. The third-order valence-corrected chi connectivity index (χ3v) is 3.72. The summed E-state index contributed by atoms with van der Waals surface area (Å²) in [4.78, 5) is 10.2. The minimum absolute atomic E-state index is 0.0744. The van der Waals surface area contributed by atoms with E-state index in [1.54, 1.807) is 24.3 Å².